The third-order valence-corrected chi connectivity index (χ3v) is 4.28. The van der Waals surface area contributed by atoms with Crippen LogP contribution in [0.3, 0.4) is 0 Å². The molecule has 0 atom stereocenters. The van der Waals surface area contributed by atoms with Crippen LogP contribution in [-0.4, -0.2) is 26.3 Å². The molecule has 1 aliphatic rings. The molecule has 0 radical (unpaired) electrons. The van der Waals surface area contributed by atoms with E-state index in [1.807, 2.05) is 0 Å². The third kappa shape index (κ3) is 2.76. The van der Waals surface area contributed by atoms with Gasteiger partial charge in [0.1, 0.15) is 0 Å². The van der Waals surface area contributed by atoms with Gasteiger partial charge in [-0.1, -0.05) is 25.1 Å². The van der Waals surface area contributed by atoms with Crippen molar-refractivity contribution in [3.8, 4) is 0 Å². The zero-order chi connectivity index (χ0) is 13.0. The molecule has 1 fully saturated rings. The smallest absolute Gasteiger partial charge is 0.0475 e. The van der Waals surface area contributed by atoms with Gasteiger partial charge in [-0.2, -0.15) is 0 Å². The Hall–Kier alpha value is -0.860. The van der Waals surface area contributed by atoms with E-state index in [-0.39, 0.29) is 5.41 Å². The molecule has 0 aliphatic carbocycles. The lowest BCUT2D eigenvalue weighted by molar-refractivity contribution is 0.0500. The van der Waals surface area contributed by atoms with E-state index >= 15 is 0 Å². The highest BCUT2D eigenvalue weighted by atomic mass is 16.5. The van der Waals surface area contributed by atoms with Crippen molar-refractivity contribution in [1.82, 2.24) is 5.32 Å². The van der Waals surface area contributed by atoms with E-state index in [4.69, 9.17) is 4.74 Å². The standard InChI is InChI=1S/C16H25NO/c1-4-17-12-16(7-9-18-10-8-16)15-6-5-13(2)14(3)11-15/h5-6,11,17H,4,7-10,12H2,1-3H3. The van der Waals surface area contributed by atoms with Crippen LogP contribution >= 0.6 is 0 Å². The summed E-state index contributed by atoms with van der Waals surface area (Å²) in [4.78, 5) is 0. The Morgan fingerprint density at radius 3 is 2.50 bits per heavy atom. The van der Waals surface area contributed by atoms with Gasteiger partial charge in [0.25, 0.3) is 0 Å². The summed E-state index contributed by atoms with van der Waals surface area (Å²) in [5, 5.41) is 3.54. The van der Waals surface area contributed by atoms with E-state index in [2.05, 4.69) is 44.3 Å². The van der Waals surface area contributed by atoms with Crippen molar-refractivity contribution in [2.75, 3.05) is 26.3 Å². The Morgan fingerprint density at radius 2 is 1.89 bits per heavy atom. The van der Waals surface area contributed by atoms with Crippen molar-refractivity contribution in [2.45, 2.75) is 39.0 Å². The van der Waals surface area contributed by atoms with Crippen LogP contribution in [0.2, 0.25) is 0 Å². The SMILES string of the molecule is CCNCC1(c2ccc(C)c(C)c2)CCOCC1. The average Bonchev–Trinajstić information content (AvgIpc) is 2.40. The molecular formula is C16H25NO. The minimum absolute atomic E-state index is 0.271. The first-order valence-corrected chi connectivity index (χ1v) is 7.04. The number of hydrogen-bond acceptors (Lipinski definition) is 2. The lowest BCUT2D eigenvalue weighted by atomic mass is 9.73. The molecule has 1 aromatic carbocycles. The number of hydrogen-bond donors (Lipinski definition) is 1. The summed E-state index contributed by atoms with van der Waals surface area (Å²) >= 11 is 0. The van der Waals surface area contributed by atoms with Crippen LogP contribution in [0.25, 0.3) is 0 Å². The van der Waals surface area contributed by atoms with Gasteiger partial charge in [-0.3, -0.25) is 0 Å². The highest BCUT2D eigenvalue weighted by molar-refractivity contribution is 5.35. The summed E-state index contributed by atoms with van der Waals surface area (Å²) in [5.41, 5.74) is 4.53. The van der Waals surface area contributed by atoms with Crippen molar-refractivity contribution in [3.63, 3.8) is 0 Å². The molecule has 1 aliphatic heterocycles. The van der Waals surface area contributed by atoms with Gasteiger partial charge in [0, 0.05) is 25.2 Å². The largest absolute Gasteiger partial charge is 0.381 e. The molecule has 1 N–H and O–H groups in total. The van der Waals surface area contributed by atoms with Gasteiger partial charge in [-0.25, -0.2) is 0 Å². The minimum Gasteiger partial charge on any atom is -0.381 e. The summed E-state index contributed by atoms with van der Waals surface area (Å²) in [6, 6.07) is 6.94. The monoisotopic (exact) mass is 247 g/mol. The average molecular weight is 247 g/mol. The molecule has 2 heteroatoms. The van der Waals surface area contributed by atoms with E-state index in [9.17, 15) is 0 Å². The van der Waals surface area contributed by atoms with Crippen molar-refractivity contribution < 1.29 is 4.74 Å². The number of aryl methyl sites for hydroxylation is 2. The number of rotatable bonds is 4. The van der Waals surface area contributed by atoms with Crippen LogP contribution in [0.1, 0.15) is 36.5 Å². The maximum atomic E-state index is 5.55. The van der Waals surface area contributed by atoms with E-state index in [1.54, 1.807) is 0 Å². The first kappa shape index (κ1) is 13.6. The van der Waals surface area contributed by atoms with Crippen LogP contribution in [-0.2, 0) is 10.2 Å². The quantitative estimate of drug-likeness (QED) is 0.883. The van der Waals surface area contributed by atoms with Gasteiger partial charge in [0.2, 0.25) is 0 Å². The maximum Gasteiger partial charge on any atom is 0.0475 e. The van der Waals surface area contributed by atoms with Crippen molar-refractivity contribution in [1.29, 1.82) is 0 Å². The predicted octanol–water partition coefficient (Wildman–Crippen LogP) is 2.96. The third-order valence-electron chi connectivity index (χ3n) is 4.28. The molecule has 18 heavy (non-hydrogen) atoms. The summed E-state index contributed by atoms with van der Waals surface area (Å²) in [6.45, 7) is 10.4. The van der Waals surface area contributed by atoms with Crippen molar-refractivity contribution in [2.24, 2.45) is 0 Å². The molecule has 0 unspecified atom stereocenters. The Balaban J connectivity index is 2.29. The van der Waals surface area contributed by atoms with Crippen LogP contribution in [0.4, 0.5) is 0 Å². The molecule has 0 amide bonds. The number of likely N-dealkylation sites (N-methyl/N-ethyl adjacent to an activating group) is 1. The van der Waals surface area contributed by atoms with Crippen molar-refractivity contribution >= 4 is 0 Å². The molecule has 1 heterocycles. The summed E-state index contributed by atoms with van der Waals surface area (Å²) < 4.78 is 5.55. The van der Waals surface area contributed by atoms with Gasteiger partial charge >= 0.3 is 0 Å². The summed E-state index contributed by atoms with van der Waals surface area (Å²) in [5.74, 6) is 0. The predicted molar refractivity (Wildman–Crippen MR) is 76.2 cm³/mol. The molecular weight excluding hydrogens is 222 g/mol. The molecule has 1 aromatic rings. The molecule has 100 valence electrons. The fourth-order valence-corrected chi connectivity index (χ4v) is 2.77. The maximum absolute atomic E-state index is 5.55. The first-order valence-electron chi connectivity index (χ1n) is 7.04. The van der Waals surface area contributed by atoms with E-state index < -0.39 is 0 Å². The Kier molecular flexibility index (Phi) is 4.41. The van der Waals surface area contributed by atoms with E-state index in [0.29, 0.717) is 0 Å². The van der Waals surface area contributed by atoms with E-state index in [0.717, 1.165) is 39.1 Å². The zero-order valence-electron chi connectivity index (χ0n) is 11.9. The molecule has 1 saturated heterocycles. The van der Waals surface area contributed by atoms with Gasteiger partial charge < -0.3 is 10.1 Å². The number of nitrogens with one attached hydrogen (secondary N) is 1. The summed E-state index contributed by atoms with van der Waals surface area (Å²) in [6.07, 6.45) is 2.25. The Morgan fingerprint density at radius 1 is 1.17 bits per heavy atom. The minimum atomic E-state index is 0.271. The van der Waals surface area contributed by atoms with Crippen LogP contribution in [0.15, 0.2) is 18.2 Å². The fourth-order valence-electron chi connectivity index (χ4n) is 2.77. The highest BCUT2D eigenvalue weighted by Gasteiger charge is 2.34. The van der Waals surface area contributed by atoms with E-state index in [1.165, 1.54) is 16.7 Å². The topological polar surface area (TPSA) is 21.3 Å². The second kappa shape index (κ2) is 5.85. The highest BCUT2D eigenvalue weighted by Crippen LogP contribution is 2.35. The van der Waals surface area contributed by atoms with Gasteiger partial charge in [-0.05, 0) is 49.9 Å². The molecule has 0 spiro atoms. The lowest BCUT2D eigenvalue weighted by Gasteiger charge is -2.38. The van der Waals surface area contributed by atoms with Gasteiger partial charge in [-0.15, -0.1) is 0 Å². The Bertz CT molecular complexity index is 394. The fraction of sp³-hybridized carbons (Fsp3) is 0.625. The van der Waals surface area contributed by atoms with Gasteiger partial charge in [0.15, 0.2) is 0 Å². The lowest BCUT2D eigenvalue weighted by Crippen LogP contribution is -2.42. The molecule has 0 aromatic heterocycles. The van der Waals surface area contributed by atoms with Crippen LogP contribution in [0.5, 0.6) is 0 Å². The van der Waals surface area contributed by atoms with Gasteiger partial charge in [0.05, 0.1) is 0 Å². The number of benzene rings is 1. The van der Waals surface area contributed by atoms with Crippen LogP contribution < -0.4 is 5.32 Å². The molecule has 2 rings (SSSR count). The van der Waals surface area contributed by atoms with Crippen LogP contribution in [0, 0.1) is 13.8 Å². The molecule has 0 saturated carbocycles. The Labute approximate surface area is 111 Å². The molecule has 0 bridgehead atoms. The zero-order valence-corrected chi connectivity index (χ0v) is 11.9. The number of ether oxygens (including phenoxy) is 1. The summed E-state index contributed by atoms with van der Waals surface area (Å²) in [7, 11) is 0. The second-order valence-corrected chi connectivity index (χ2v) is 5.47. The molecule has 2 nitrogen and oxygen atoms in total. The first-order chi connectivity index (χ1) is 8.68. The second-order valence-electron chi connectivity index (χ2n) is 5.47. The normalized spacial score (nSPS) is 18.8. The van der Waals surface area contributed by atoms with Crippen molar-refractivity contribution in [3.05, 3.63) is 34.9 Å².